The van der Waals surface area contributed by atoms with E-state index in [9.17, 15) is 9.59 Å². The molecule has 1 aliphatic heterocycles. The Bertz CT molecular complexity index is 681. The highest BCUT2D eigenvalue weighted by Gasteiger charge is 2.33. The van der Waals surface area contributed by atoms with Crippen LogP contribution < -0.4 is 4.90 Å². The molecule has 0 unspecified atom stereocenters. The number of imide groups is 1. The molecule has 0 N–H and O–H groups in total. The molecule has 1 fully saturated rings. The molecule has 0 spiro atoms. The number of rotatable bonds is 9. The Morgan fingerprint density at radius 1 is 1.15 bits per heavy atom. The summed E-state index contributed by atoms with van der Waals surface area (Å²) in [6.07, 6.45) is 5.44. The molecule has 3 amide bonds. The molecule has 0 aliphatic carbocycles. The van der Waals surface area contributed by atoms with Crippen molar-refractivity contribution in [2.75, 3.05) is 37.0 Å². The predicted molar refractivity (Wildman–Crippen MR) is 107 cm³/mol. The number of ether oxygens (including phenoxy) is 1. The Morgan fingerprint density at radius 2 is 1.96 bits per heavy atom. The highest BCUT2D eigenvalue weighted by molar-refractivity contribution is 9.09. The first kappa shape index (κ1) is 20.5. The lowest BCUT2D eigenvalue weighted by atomic mass is 10.2. The van der Waals surface area contributed by atoms with Gasteiger partial charge in [0.15, 0.2) is 0 Å². The Kier molecular flexibility index (Phi) is 8.66. The molecule has 2 rings (SSSR count). The minimum absolute atomic E-state index is 0.0791. The summed E-state index contributed by atoms with van der Waals surface area (Å²) in [6.45, 7) is 1.50. The molecular weight excluding hydrogens is 396 g/mol. The van der Waals surface area contributed by atoms with E-state index in [0.29, 0.717) is 18.7 Å². The number of halogens is 1. The third-order valence-electron chi connectivity index (χ3n) is 4.12. The van der Waals surface area contributed by atoms with Crippen LogP contribution in [0.3, 0.4) is 0 Å². The van der Waals surface area contributed by atoms with E-state index in [4.69, 9.17) is 4.74 Å². The second kappa shape index (κ2) is 11.0. The van der Waals surface area contributed by atoms with Crippen LogP contribution in [0, 0.1) is 11.8 Å². The molecular formula is C20H25BrN2O3. The minimum Gasteiger partial charge on any atom is -0.380 e. The molecule has 0 bridgehead atoms. The zero-order valence-corrected chi connectivity index (χ0v) is 16.8. The van der Waals surface area contributed by atoms with E-state index in [0.717, 1.165) is 28.8 Å². The van der Waals surface area contributed by atoms with E-state index >= 15 is 0 Å². The number of carbonyl (C=O) groups excluding carboxylic acids is 2. The van der Waals surface area contributed by atoms with E-state index < -0.39 is 0 Å². The van der Waals surface area contributed by atoms with Crippen molar-refractivity contribution in [2.45, 2.75) is 32.1 Å². The molecule has 1 heterocycles. The van der Waals surface area contributed by atoms with Crippen molar-refractivity contribution >= 4 is 33.6 Å². The van der Waals surface area contributed by atoms with E-state index in [1.54, 1.807) is 0 Å². The van der Waals surface area contributed by atoms with Crippen LogP contribution in [-0.4, -0.2) is 49.0 Å². The third kappa shape index (κ3) is 6.15. The predicted octanol–water partition coefficient (Wildman–Crippen LogP) is 3.80. The second-order valence-corrected chi connectivity index (χ2v) is 6.93. The molecule has 5 nitrogen and oxygen atoms in total. The summed E-state index contributed by atoms with van der Waals surface area (Å²) in [5.74, 6) is 5.99. The quantitative estimate of drug-likeness (QED) is 0.264. The molecule has 0 atom stereocenters. The number of urea groups is 1. The molecule has 0 radical (unpaired) electrons. The highest BCUT2D eigenvalue weighted by atomic mass is 79.9. The fourth-order valence-electron chi connectivity index (χ4n) is 2.59. The van der Waals surface area contributed by atoms with E-state index in [1.165, 1.54) is 31.2 Å². The molecule has 0 aromatic heterocycles. The summed E-state index contributed by atoms with van der Waals surface area (Å²) in [4.78, 5) is 26.3. The summed E-state index contributed by atoms with van der Waals surface area (Å²) >= 11 is 3.43. The first-order valence-corrected chi connectivity index (χ1v) is 10.1. The lowest BCUT2D eigenvalue weighted by Crippen LogP contribution is -2.29. The van der Waals surface area contributed by atoms with Crippen molar-refractivity contribution < 1.29 is 14.3 Å². The number of likely N-dealkylation sites (N-methyl/N-ethyl adjacent to an activating group) is 1. The van der Waals surface area contributed by atoms with Gasteiger partial charge in [-0.05, 0) is 31.0 Å². The van der Waals surface area contributed by atoms with Crippen LogP contribution in [0.25, 0.3) is 0 Å². The number of hydrogen-bond donors (Lipinski definition) is 0. The number of carbonyl (C=O) groups is 2. The standard InChI is InChI=1S/C20H25BrN2O3/c1-22-19(24)16-23(20(22)25)18-11-8-10-17(15-18)9-4-7-14-26-13-6-3-2-5-12-21/h8,10-11,15H,2-3,5-7,12-14,16H2,1H3. The molecule has 1 aromatic carbocycles. The maximum absolute atomic E-state index is 12.0. The summed E-state index contributed by atoms with van der Waals surface area (Å²) in [7, 11) is 1.50. The number of hydrogen-bond acceptors (Lipinski definition) is 3. The summed E-state index contributed by atoms with van der Waals surface area (Å²) in [5, 5.41) is 1.07. The summed E-state index contributed by atoms with van der Waals surface area (Å²) in [6, 6.07) is 7.09. The maximum Gasteiger partial charge on any atom is 0.331 e. The van der Waals surface area contributed by atoms with Gasteiger partial charge < -0.3 is 4.74 Å². The van der Waals surface area contributed by atoms with Crippen molar-refractivity contribution in [1.82, 2.24) is 4.90 Å². The van der Waals surface area contributed by atoms with Crippen molar-refractivity contribution in [2.24, 2.45) is 0 Å². The van der Waals surface area contributed by atoms with E-state index in [2.05, 4.69) is 27.8 Å². The lowest BCUT2D eigenvalue weighted by molar-refractivity contribution is -0.123. The van der Waals surface area contributed by atoms with E-state index in [-0.39, 0.29) is 18.5 Å². The number of benzene rings is 1. The lowest BCUT2D eigenvalue weighted by Gasteiger charge is -2.14. The smallest absolute Gasteiger partial charge is 0.331 e. The number of nitrogens with zero attached hydrogens (tertiary/aromatic N) is 2. The fourth-order valence-corrected chi connectivity index (χ4v) is 2.99. The van der Waals surface area contributed by atoms with Gasteiger partial charge in [0, 0.05) is 36.7 Å². The zero-order valence-electron chi connectivity index (χ0n) is 15.2. The summed E-state index contributed by atoms with van der Waals surface area (Å²) in [5.41, 5.74) is 1.52. The van der Waals surface area contributed by atoms with Crippen LogP contribution in [0.4, 0.5) is 10.5 Å². The van der Waals surface area contributed by atoms with Crippen LogP contribution >= 0.6 is 15.9 Å². The van der Waals surface area contributed by atoms with Gasteiger partial charge in [-0.2, -0.15) is 0 Å². The molecule has 0 saturated carbocycles. The van der Waals surface area contributed by atoms with Crippen LogP contribution in [0.15, 0.2) is 24.3 Å². The van der Waals surface area contributed by atoms with Crippen LogP contribution in [0.5, 0.6) is 0 Å². The van der Waals surface area contributed by atoms with Crippen molar-refractivity contribution in [3.63, 3.8) is 0 Å². The Balaban J connectivity index is 1.75. The average molecular weight is 421 g/mol. The molecule has 1 aromatic rings. The van der Waals surface area contributed by atoms with Gasteiger partial charge in [0.25, 0.3) is 0 Å². The molecule has 6 heteroatoms. The van der Waals surface area contributed by atoms with Crippen LogP contribution in [0.1, 0.15) is 37.7 Å². The number of anilines is 1. The average Bonchev–Trinajstić information content (AvgIpc) is 2.91. The fraction of sp³-hybridized carbons (Fsp3) is 0.500. The van der Waals surface area contributed by atoms with Crippen LogP contribution in [0.2, 0.25) is 0 Å². The van der Waals surface area contributed by atoms with Crippen LogP contribution in [-0.2, 0) is 9.53 Å². The summed E-state index contributed by atoms with van der Waals surface area (Å²) < 4.78 is 5.58. The molecule has 140 valence electrons. The Labute approximate surface area is 163 Å². The number of alkyl halides is 1. The first-order valence-electron chi connectivity index (χ1n) is 8.94. The second-order valence-electron chi connectivity index (χ2n) is 6.14. The largest absolute Gasteiger partial charge is 0.380 e. The van der Waals surface area contributed by atoms with Gasteiger partial charge in [0.05, 0.1) is 6.61 Å². The van der Waals surface area contributed by atoms with E-state index in [1.807, 2.05) is 24.3 Å². The van der Waals surface area contributed by atoms with Crippen molar-refractivity contribution in [3.05, 3.63) is 29.8 Å². The van der Waals surface area contributed by atoms with Gasteiger partial charge in [0.2, 0.25) is 5.91 Å². The monoisotopic (exact) mass is 420 g/mol. The Hall–Kier alpha value is -1.84. The van der Waals surface area contributed by atoms with Gasteiger partial charge in [-0.25, -0.2) is 4.79 Å². The molecule has 1 aliphatic rings. The number of unbranched alkanes of at least 4 members (excludes halogenated alkanes) is 3. The topological polar surface area (TPSA) is 49.9 Å². The van der Waals surface area contributed by atoms with Crippen molar-refractivity contribution in [1.29, 1.82) is 0 Å². The van der Waals surface area contributed by atoms with Crippen molar-refractivity contribution in [3.8, 4) is 11.8 Å². The third-order valence-corrected chi connectivity index (χ3v) is 4.68. The first-order chi connectivity index (χ1) is 12.6. The molecule has 1 saturated heterocycles. The maximum atomic E-state index is 12.0. The molecule has 26 heavy (non-hydrogen) atoms. The van der Waals surface area contributed by atoms with Gasteiger partial charge in [-0.15, -0.1) is 0 Å². The minimum atomic E-state index is -0.301. The van der Waals surface area contributed by atoms with Gasteiger partial charge in [-0.1, -0.05) is 46.7 Å². The highest BCUT2D eigenvalue weighted by Crippen LogP contribution is 2.21. The number of amides is 3. The van der Waals surface area contributed by atoms with Gasteiger partial charge in [-0.3, -0.25) is 14.6 Å². The Morgan fingerprint density at radius 3 is 2.69 bits per heavy atom. The normalized spacial score (nSPS) is 13.9. The van der Waals surface area contributed by atoms with Gasteiger partial charge >= 0.3 is 6.03 Å². The SMILES string of the molecule is CN1C(=O)CN(c2cccc(C#CCCOCCCCCCBr)c2)C1=O. The zero-order chi connectivity index (χ0) is 18.8. The van der Waals surface area contributed by atoms with Gasteiger partial charge in [0.1, 0.15) is 6.54 Å².